The lowest BCUT2D eigenvalue weighted by Crippen LogP contribution is -2.37. The first-order valence-electron chi connectivity index (χ1n) is 7.22. The number of nitrogens with zero attached hydrogens (tertiary/aromatic N) is 4. The van der Waals surface area contributed by atoms with Crippen LogP contribution in [-0.4, -0.2) is 31.6 Å². The number of rotatable bonds is 4. The summed E-state index contributed by atoms with van der Waals surface area (Å²) in [6.07, 6.45) is 1.40. The van der Waals surface area contributed by atoms with Crippen LogP contribution in [0.4, 0.5) is 0 Å². The van der Waals surface area contributed by atoms with Crippen molar-refractivity contribution < 1.29 is 9.53 Å². The monoisotopic (exact) mass is 328 g/mol. The van der Waals surface area contributed by atoms with Gasteiger partial charge in [0.1, 0.15) is 5.75 Å². The molecule has 0 spiro atoms. The Bertz CT molecular complexity index is 1040. The van der Waals surface area contributed by atoms with Crippen LogP contribution in [0.25, 0.3) is 11.2 Å². The summed E-state index contributed by atoms with van der Waals surface area (Å²) in [5.41, 5.74) is 0.0405. The van der Waals surface area contributed by atoms with Crippen LogP contribution in [0.5, 0.6) is 5.75 Å². The molecule has 0 saturated heterocycles. The predicted octanol–water partition coefficient (Wildman–Crippen LogP) is 0.325. The molecule has 24 heavy (non-hydrogen) atoms. The number of aromatic nitrogens is 4. The summed E-state index contributed by atoms with van der Waals surface area (Å²) in [7, 11) is 4.48. The third-order valence-electron chi connectivity index (χ3n) is 3.94. The van der Waals surface area contributed by atoms with Crippen molar-refractivity contribution >= 4 is 16.9 Å². The molecule has 3 rings (SSSR count). The number of Topliss-reactive ketones (excluding diaryl/α,β-unsaturated/α-hetero) is 1. The fraction of sp³-hybridized carbons (Fsp3) is 0.250. The van der Waals surface area contributed by atoms with Crippen molar-refractivity contribution in [2.45, 2.75) is 6.54 Å². The highest BCUT2D eigenvalue weighted by Gasteiger charge is 2.16. The fourth-order valence-corrected chi connectivity index (χ4v) is 2.54. The molecule has 0 aliphatic carbocycles. The number of fused-ring (bicyclic) bond motifs is 1. The maximum Gasteiger partial charge on any atom is 0.332 e. The highest BCUT2D eigenvalue weighted by molar-refractivity contribution is 5.96. The van der Waals surface area contributed by atoms with E-state index in [1.54, 1.807) is 31.4 Å². The van der Waals surface area contributed by atoms with Gasteiger partial charge in [-0.15, -0.1) is 0 Å². The lowest BCUT2D eigenvalue weighted by Gasteiger charge is -2.07. The number of benzene rings is 1. The smallest absolute Gasteiger partial charge is 0.332 e. The maximum atomic E-state index is 12.4. The molecule has 0 atom stereocenters. The van der Waals surface area contributed by atoms with E-state index < -0.39 is 11.2 Å². The number of ketones is 1. The van der Waals surface area contributed by atoms with Gasteiger partial charge in [-0.25, -0.2) is 9.78 Å². The quantitative estimate of drug-likeness (QED) is 0.644. The minimum absolute atomic E-state index is 0.0454. The average Bonchev–Trinajstić information content (AvgIpc) is 3.01. The van der Waals surface area contributed by atoms with E-state index in [1.165, 1.54) is 29.6 Å². The highest BCUT2D eigenvalue weighted by Crippen LogP contribution is 2.13. The zero-order valence-corrected chi connectivity index (χ0v) is 13.5. The van der Waals surface area contributed by atoms with Gasteiger partial charge in [0.15, 0.2) is 16.9 Å². The van der Waals surface area contributed by atoms with Gasteiger partial charge in [-0.1, -0.05) is 0 Å². The first-order chi connectivity index (χ1) is 11.4. The molecule has 1 aromatic carbocycles. The van der Waals surface area contributed by atoms with Crippen LogP contribution in [0.15, 0.2) is 40.2 Å². The minimum atomic E-state index is -0.479. The number of aryl methyl sites for hydroxylation is 1. The normalized spacial score (nSPS) is 11.0. The SMILES string of the molecule is COc1ccc(C(=O)Cn2cnc3c2c(=O)n(C)c(=O)n3C)cc1. The van der Waals surface area contributed by atoms with Gasteiger partial charge in [0.2, 0.25) is 0 Å². The van der Waals surface area contributed by atoms with Crippen molar-refractivity contribution in [3.63, 3.8) is 0 Å². The molecule has 0 fully saturated rings. The van der Waals surface area contributed by atoms with Crippen molar-refractivity contribution in [2.24, 2.45) is 14.1 Å². The summed E-state index contributed by atoms with van der Waals surface area (Å²) in [6, 6.07) is 6.71. The molecule has 0 N–H and O–H groups in total. The van der Waals surface area contributed by atoms with E-state index >= 15 is 0 Å². The Morgan fingerprint density at radius 2 is 1.79 bits per heavy atom. The molecule has 0 unspecified atom stereocenters. The standard InChI is InChI=1S/C16H16N4O4/c1-18-14-13(15(22)19(2)16(18)23)20(9-17-14)8-12(21)10-4-6-11(24-3)7-5-10/h4-7,9H,8H2,1-3H3. The Morgan fingerprint density at radius 3 is 2.42 bits per heavy atom. The van der Waals surface area contributed by atoms with E-state index in [2.05, 4.69) is 4.98 Å². The van der Waals surface area contributed by atoms with Crippen LogP contribution in [0.2, 0.25) is 0 Å². The van der Waals surface area contributed by atoms with Gasteiger partial charge in [0.25, 0.3) is 5.56 Å². The summed E-state index contributed by atoms with van der Waals surface area (Å²) >= 11 is 0. The van der Waals surface area contributed by atoms with E-state index in [9.17, 15) is 14.4 Å². The van der Waals surface area contributed by atoms with Crippen molar-refractivity contribution in [3.05, 3.63) is 57.0 Å². The van der Waals surface area contributed by atoms with Crippen molar-refractivity contribution in [1.29, 1.82) is 0 Å². The second-order valence-electron chi connectivity index (χ2n) is 5.40. The predicted molar refractivity (Wildman–Crippen MR) is 87.5 cm³/mol. The van der Waals surface area contributed by atoms with E-state index in [-0.39, 0.29) is 23.5 Å². The molecule has 0 saturated carbocycles. The van der Waals surface area contributed by atoms with Crippen molar-refractivity contribution in [1.82, 2.24) is 18.7 Å². The van der Waals surface area contributed by atoms with Crippen LogP contribution >= 0.6 is 0 Å². The minimum Gasteiger partial charge on any atom is -0.497 e. The average molecular weight is 328 g/mol. The molecule has 2 heterocycles. The molecule has 0 radical (unpaired) electrons. The fourth-order valence-electron chi connectivity index (χ4n) is 2.54. The third-order valence-corrected chi connectivity index (χ3v) is 3.94. The lowest BCUT2D eigenvalue weighted by atomic mass is 10.1. The van der Waals surface area contributed by atoms with Crippen LogP contribution in [0.1, 0.15) is 10.4 Å². The lowest BCUT2D eigenvalue weighted by molar-refractivity contribution is 0.0973. The molecule has 8 heteroatoms. The summed E-state index contributed by atoms with van der Waals surface area (Å²) in [5.74, 6) is 0.483. The van der Waals surface area contributed by atoms with E-state index in [0.29, 0.717) is 11.3 Å². The highest BCUT2D eigenvalue weighted by atomic mass is 16.5. The molecular formula is C16H16N4O4. The number of carbonyl (C=O) groups is 1. The Labute approximate surface area is 136 Å². The molecule has 0 aliphatic heterocycles. The van der Waals surface area contributed by atoms with Gasteiger partial charge < -0.3 is 9.30 Å². The molecule has 0 bridgehead atoms. The Hall–Kier alpha value is -3.16. The second-order valence-corrected chi connectivity index (χ2v) is 5.40. The topological polar surface area (TPSA) is 88.1 Å². The van der Waals surface area contributed by atoms with E-state index in [4.69, 9.17) is 4.74 Å². The Kier molecular flexibility index (Phi) is 3.80. The number of hydrogen-bond acceptors (Lipinski definition) is 5. The van der Waals surface area contributed by atoms with Gasteiger partial charge in [0.05, 0.1) is 20.0 Å². The zero-order chi connectivity index (χ0) is 17.4. The van der Waals surface area contributed by atoms with E-state index in [0.717, 1.165) is 4.57 Å². The maximum absolute atomic E-state index is 12.4. The first kappa shape index (κ1) is 15.7. The molecule has 0 amide bonds. The molecule has 124 valence electrons. The molecule has 3 aromatic rings. The Balaban J connectivity index is 2.03. The summed E-state index contributed by atoms with van der Waals surface area (Å²) < 4.78 is 8.81. The number of ether oxygens (including phenoxy) is 1. The van der Waals surface area contributed by atoms with E-state index in [1.807, 2.05) is 0 Å². The van der Waals surface area contributed by atoms with Crippen LogP contribution in [-0.2, 0) is 20.6 Å². The van der Waals surface area contributed by atoms with Gasteiger partial charge in [-0.05, 0) is 24.3 Å². The number of imidazole rings is 1. The second kappa shape index (κ2) is 5.80. The first-order valence-corrected chi connectivity index (χ1v) is 7.22. The van der Waals surface area contributed by atoms with Crippen molar-refractivity contribution in [3.8, 4) is 5.75 Å². The van der Waals surface area contributed by atoms with Crippen LogP contribution < -0.4 is 16.0 Å². The van der Waals surface area contributed by atoms with Gasteiger partial charge >= 0.3 is 5.69 Å². The summed E-state index contributed by atoms with van der Waals surface area (Å²) in [4.78, 5) is 40.8. The molecular weight excluding hydrogens is 312 g/mol. The number of carbonyl (C=O) groups excluding carboxylic acids is 1. The van der Waals surface area contributed by atoms with Crippen LogP contribution in [0.3, 0.4) is 0 Å². The van der Waals surface area contributed by atoms with Gasteiger partial charge in [0, 0.05) is 19.7 Å². The summed E-state index contributed by atoms with van der Waals surface area (Å²) in [6.45, 7) is -0.0454. The molecule has 0 aliphatic rings. The third kappa shape index (κ3) is 2.41. The number of hydrogen-bond donors (Lipinski definition) is 0. The Morgan fingerprint density at radius 1 is 1.12 bits per heavy atom. The largest absolute Gasteiger partial charge is 0.497 e. The molecule has 8 nitrogen and oxygen atoms in total. The number of methoxy groups -OCH3 is 1. The molecule has 2 aromatic heterocycles. The zero-order valence-electron chi connectivity index (χ0n) is 13.5. The summed E-state index contributed by atoms with van der Waals surface area (Å²) in [5, 5.41) is 0. The van der Waals surface area contributed by atoms with Crippen molar-refractivity contribution in [2.75, 3.05) is 7.11 Å². The van der Waals surface area contributed by atoms with Gasteiger partial charge in [-0.2, -0.15) is 0 Å². The van der Waals surface area contributed by atoms with Gasteiger partial charge in [-0.3, -0.25) is 18.7 Å². The van der Waals surface area contributed by atoms with Crippen LogP contribution in [0, 0.1) is 0 Å².